The van der Waals surface area contributed by atoms with E-state index < -0.39 is 39.9 Å². The van der Waals surface area contributed by atoms with Crippen LogP contribution >= 0.6 is 0 Å². The highest BCUT2D eigenvalue weighted by atomic mass is 32.2. The number of allylic oxidation sites excluding steroid dienone is 1. The highest BCUT2D eigenvalue weighted by Gasteiger charge is 2.65. The Kier molecular flexibility index (Phi) is 10.5. The maximum absolute atomic E-state index is 13.7. The minimum Gasteiger partial charge on any atom is -0.412 e. The van der Waals surface area contributed by atoms with Crippen molar-refractivity contribution in [1.82, 2.24) is 0 Å². The van der Waals surface area contributed by atoms with Gasteiger partial charge in [0.1, 0.15) is 6.10 Å². The molecular formula is C36H60O5SSi2. The van der Waals surface area contributed by atoms with Crippen molar-refractivity contribution in [3.63, 3.8) is 0 Å². The van der Waals surface area contributed by atoms with Crippen LogP contribution in [0, 0.1) is 41.4 Å². The van der Waals surface area contributed by atoms with Crippen molar-refractivity contribution in [2.75, 3.05) is 0 Å². The van der Waals surface area contributed by atoms with Crippen LogP contribution in [0.5, 0.6) is 0 Å². The Hall–Kier alpha value is -1.04. The van der Waals surface area contributed by atoms with Gasteiger partial charge in [0.05, 0.1) is 16.1 Å². The number of rotatable bonds is 10. The number of hydrogen-bond donors (Lipinski definition) is 0. The lowest BCUT2D eigenvalue weighted by atomic mass is 9.66. The van der Waals surface area contributed by atoms with E-state index in [1.807, 2.05) is 19.1 Å². The van der Waals surface area contributed by atoms with Crippen LogP contribution in [0.15, 0.2) is 53.5 Å². The van der Waals surface area contributed by atoms with Crippen molar-refractivity contribution in [3.05, 3.63) is 54.1 Å². The molecule has 0 spiro atoms. The smallest absolute Gasteiger partial charge is 0.297 e. The van der Waals surface area contributed by atoms with Crippen molar-refractivity contribution in [3.8, 4) is 0 Å². The molecule has 3 fully saturated rings. The Morgan fingerprint density at radius 2 is 1.55 bits per heavy atom. The van der Waals surface area contributed by atoms with Gasteiger partial charge in [-0.25, -0.2) is 0 Å². The van der Waals surface area contributed by atoms with Crippen LogP contribution in [0.2, 0.25) is 26.2 Å². The summed E-state index contributed by atoms with van der Waals surface area (Å²) in [6.45, 7) is 29.3. The van der Waals surface area contributed by atoms with Crippen molar-refractivity contribution in [2.24, 2.45) is 34.5 Å². The third-order valence-corrected chi connectivity index (χ3v) is 13.7. The SMILES string of the molecule is C=C1C[C@H]2[C@@H](C=C[C@@](O[SiH](C)C)(C3CCCC3)C(C)(C)C)[C@H](C(C)(C)C)C[C@@]2(O[SiH](C)C)C1OS(=O)(=O)c1ccc(C)cc1. The standard InChI is InChI=1S/C36H60O5SSi2/c1-25-17-19-28(20-18-25)42(37,38)39-32-26(2)23-30-29(31(33(3,4)5)24-35(30,32)40-43(9)10)21-22-36(34(6,7)8,41-44(11)12)27-15-13-14-16-27/h17-22,27,29-32,43-44H,2,13-16,23-24H2,1,3-12H3/t29-,30+,31-,32?,35+,36-/m1/s1. The second-order valence-electron chi connectivity index (χ2n) is 16.6. The minimum absolute atomic E-state index is 0.0125. The molecule has 3 saturated carbocycles. The van der Waals surface area contributed by atoms with Crippen molar-refractivity contribution >= 4 is 28.2 Å². The molecule has 0 aromatic heterocycles. The predicted octanol–water partition coefficient (Wildman–Crippen LogP) is 8.60. The molecule has 6 atom stereocenters. The van der Waals surface area contributed by atoms with E-state index in [-0.39, 0.29) is 39.1 Å². The number of fused-ring (bicyclic) bond motifs is 1. The highest BCUT2D eigenvalue weighted by Crippen LogP contribution is 2.62. The van der Waals surface area contributed by atoms with E-state index in [4.69, 9.17) is 13.0 Å². The molecule has 0 saturated heterocycles. The first-order valence-corrected chi connectivity index (χ1v) is 23.9. The molecule has 0 amide bonds. The zero-order valence-corrected chi connectivity index (χ0v) is 32.5. The van der Waals surface area contributed by atoms with Gasteiger partial charge in [-0.15, -0.1) is 0 Å². The fourth-order valence-electron chi connectivity index (χ4n) is 8.72. The molecule has 3 aliphatic rings. The van der Waals surface area contributed by atoms with Crippen LogP contribution in [0.1, 0.15) is 85.6 Å². The predicted molar refractivity (Wildman–Crippen MR) is 187 cm³/mol. The summed E-state index contributed by atoms with van der Waals surface area (Å²) in [6.07, 6.45) is 10.6. The molecular weight excluding hydrogens is 601 g/mol. The summed E-state index contributed by atoms with van der Waals surface area (Å²) in [5.74, 6) is 1.06. The van der Waals surface area contributed by atoms with E-state index >= 15 is 0 Å². The molecule has 0 bridgehead atoms. The van der Waals surface area contributed by atoms with Crippen LogP contribution < -0.4 is 0 Å². The summed E-state index contributed by atoms with van der Waals surface area (Å²) >= 11 is 0. The van der Waals surface area contributed by atoms with E-state index in [0.29, 0.717) is 12.3 Å². The van der Waals surface area contributed by atoms with Gasteiger partial charge in [-0.05, 0) is 105 Å². The number of benzene rings is 1. The lowest BCUT2D eigenvalue weighted by Crippen LogP contribution is -2.51. The second-order valence-corrected chi connectivity index (χ2v) is 22.9. The van der Waals surface area contributed by atoms with Gasteiger partial charge in [0.15, 0.2) is 18.1 Å². The zero-order chi connectivity index (χ0) is 32.9. The van der Waals surface area contributed by atoms with Gasteiger partial charge in [-0.3, -0.25) is 4.18 Å². The van der Waals surface area contributed by atoms with E-state index in [2.05, 4.69) is 86.5 Å². The third kappa shape index (κ3) is 6.96. The maximum Gasteiger partial charge on any atom is 0.297 e. The highest BCUT2D eigenvalue weighted by molar-refractivity contribution is 7.86. The Balaban J connectivity index is 1.82. The van der Waals surface area contributed by atoms with E-state index in [0.717, 1.165) is 17.6 Å². The molecule has 0 heterocycles. The largest absolute Gasteiger partial charge is 0.412 e. The van der Waals surface area contributed by atoms with Gasteiger partial charge >= 0.3 is 0 Å². The fraction of sp³-hybridized carbons (Fsp3) is 0.722. The Morgan fingerprint density at radius 1 is 0.955 bits per heavy atom. The summed E-state index contributed by atoms with van der Waals surface area (Å²) in [6, 6.07) is 6.90. The first-order valence-electron chi connectivity index (χ1n) is 17.0. The zero-order valence-electron chi connectivity index (χ0n) is 29.4. The fourth-order valence-corrected chi connectivity index (χ4v) is 12.5. The van der Waals surface area contributed by atoms with Crippen LogP contribution in [-0.2, 0) is 23.2 Å². The molecule has 0 aliphatic heterocycles. The molecule has 1 aromatic rings. The van der Waals surface area contributed by atoms with Gasteiger partial charge in [-0.1, -0.05) is 90.8 Å². The maximum atomic E-state index is 13.7. The molecule has 44 heavy (non-hydrogen) atoms. The van der Waals surface area contributed by atoms with E-state index in [9.17, 15) is 8.42 Å². The molecule has 0 radical (unpaired) electrons. The molecule has 0 N–H and O–H groups in total. The lowest BCUT2D eigenvalue weighted by Gasteiger charge is -2.49. The normalized spacial score (nSPS) is 30.2. The molecule has 1 aromatic carbocycles. The average Bonchev–Trinajstić information content (AvgIpc) is 3.57. The molecule has 3 aliphatic carbocycles. The van der Waals surface area contributed by atoms with Crippen molar-refractivity contribution in [1.29, 1.82) is 0 Å². The summed E-state index contributed by atoms with van der Waals surface area (Å²) < 4.78 is 47.8. The van der Waals surface area contributed by atoms with Crippen LogP contribution in [0.3, 0.4) is 0 Å². The molecule has 1 unspecified atom stereocenters. The van der Waals surface area contributed by atoms with Crippen LogP contribution in [0.25, 0.3) is 0 Å². The monoisotopic (exact) mass is 660 g/mol. The lowest BCUT2D eigenvalue weighted by molar-refractivity contribution is -0.0412. The second kappa shape index (κ2) is 12.9. The first kappa shape index (κ1) is 35.8. The summed E-state index contributed by atoms with van der Waals surface area (Å²) in [5.41, 5.74) is 0.707. The van der Waals surface area contributed by atoms with Gasteiger partial charge in [0.25, 0.3) is 10.1 Å². The topological polar surface area (TPSA) is 61.8 Å². The first-order chi connectivity index (χ1) is 20.2. The molecule has 5 nitrogen and oxygen atoms in total. The summed E-state index contributed by atoms with van der Waals surface area (Å²) in [5, 5.41) is 0. The Bertz CT molecular complexity index is 1300. The Labute approximate surface area is 272 Å². The summed E-state index contributed by atoms with van der Waals surface area (Å²) in [7, 11) is -6.99. The Morgan fingerprint density at radius 3 is 2.05 bits per heavy atom. The van der Waals surface area contributed by atoms with Crippen molar-refractivity contribution in [2.45, 2.75) is 135 Å². The number of hydrogen-bond acceptors (Lipinski definition) is 5. The molecule has 8 heteroatoms. The summed E-state index contributed by atoms with van der Waals surface area (Å²) in [4.78, 5) is 0.180. The quantitative estimate of drug-likeness (QED) is 0.143. The average molecular weight is 661 g/mol. The number of aryl methyl sites for hydroxylation is 1. The van der Waals surface area contributed by atoms with Crippen LogP contribution in [0.4, 0.5) is 0 Å². The van der Waals surface area contributed by atoms with Gasteiger partial charge in [0, 0.05) is 5.92 Å². The van der Waals surface area contributed by atoms with Gasteiger partial charge in [-0.2, -0.15) is 8.42 Å². The van der Waals surface area contributed by atoms with E-state index in [1.54, 1.807) is 12.1 Å². The van der Waals surface area contributed by atoms with Crippen molar-refractivity contribution < 1.29 is 21.5 Å². The minimum atomic E-state index is -4.01. The third-order valence-electron chi connectivity index (χ3n) is 10.6. The van der Waals surface area contributed by atoms with Gasteiger partial charge < -0.3 is 8.85 Å². The van der Waals surface area contributed by atoms with Crippen LogP contribution in [-0.4, -0.2) is 43.8 Å². The van der Waals surface area contributed by atoms with E-state index in [1.165, 1.54) is 25.7 Å². The van der Waals surface area contributed by atoms with Gasteiger partial charge in [0.2, 0.25) is 0 Å². The molecule has 4 rings (SSSR count). The molecule has 248 valence electrons.